The quantitative estimate of drug-likeness (QED) is 0.421. The summed E-state index contributed by atoms with van der Waals surface area (Å²) < 4.78 is 26.7. The molecule has 0 aliphatic rings. The highest BCUT2D eigenvalue weighted by Crippen LogP contribution is 2.14. The first-order chi connectivity index (χ1) is 8.17. The molecular weight excluding hydrogens is 240 g/mol. The van der Waals surface area contributed by atoms with E-state index in [4.69, 9.17) is 22.8 Å². The van der Waals surface area contributed by atoms with Gasteiger partial charge in [-0.3, -0.25) is 0 Å². The van der Waals surface area contributed by atoms with Gasteiger partial charge in [-0.15, -0.1) is 0 Å². The van der Waals surface area contributed by atoms with Crippen LogP contribution < -0.4 is 0 Å². The minimum absolute atomic E-state index is 0.185. The highest BCUT2D eigenvalue weighted by molar-refractivity contribution is 6.60. The average molecular weight is 266 g/mol. The summed E-state index contributed by atoms with van der Waals surface area (Å²) in [4.78, 5) is 0. The molecule has 1 unspecified atom stereocenters. The molecule has 0 spiro atoms. The normalized spacial score (nSPS) is 13.9. The van der Waals surface area contributed by atoms with Crippen LogP contribution in [0.25, 0.3) is 0 Å². The predicted octanol–water partition coefficient (Wildman–Crippen LogP) is 1.70. The molecule has 17 heavy (non-hydrogen) atoms. The van der Waals surface area contributed by atoms with Crippen molar-refractivity contribution >= 4 is 8.80 Å². The van der Waals surface area contributed by atoms with Crippen LogP contribution in [0.3, 0.4) is 0 Å². The van der Waals surface area contributed by atoms with Crippen LogP contribution in [-0.4, -0.2) is 56.6 Å². The van der Waals surface area contributed by atoms with Gasteiger partial charge in [-0.25, -0.2) is 0 Å². The molecule has 0 aliphatic carbocycles. The summed E-state index contributed by atoms with van der Waals surface area (Å²) >= 11 is 0. The maximum absolute atomic E-state index is 5.54. The molecule has 0 aromatic carbocycles. The van der Waals surface area contributed by atoms with Gasteiger partial charge in [0.25, 0.3) is 0 Å². The molecule has 104 valence electrons. The molecule has 0 radical (unpaired) electrons. The lowest BCUT2D eigenvalue weighted by Crippen LogP contribution is -2.42. The van der Waals surface area contributed by atoms with Gasteiger partial charge in [-0.05, 0) is 12.8 Å². The molecule has 0 aromatic heterocycles. The van der Waals surface area contributed by atoms with Crippen molar-refractivity contribution in [2.24, 2.45) is 0 Å². The van der Waals surface area contributed by atoms with Crippen molar-refractivity contribution in [3.05, 3.63) is 0 Å². The highest BCUT2D eigenvalue weighted by atomic mass is 28.4. The second kappa shape index (κ2) is 9.99. The summed E-state index contributed by atoms with van der Waals surface area (Å²) in [5.41, 5.74) is 0. The third kappa shape index (κ3) is 6.49. The Morgan fingerprint density at radius 3 is 2.00 bits per heavy atom. The number of ether oxygens (including phenoxy) is 2. The minimum atomic E-state index is -2.42. The first-order valence-electron chi connectivity index (χ1n) is 5.94. The van der Waals surface area contributed by atoms with Crippen molar-refractivity contribution in [1.82, 2.24) is 0 Å². The van der Waals surface area contributed by atoms with Crippen LogP contribution in [0.15, 0.2) is 0 Å². The van der Waals surface area contributed by atoms with Crippen molar-refractivity contribution in [3.63, 3.8) is 0 Å². The minimum Gasteiger partial charge on any atom is -0.379 e. The first-order valence-corrected chi connectivity index (χ1v) is 7.87. The molecule has 0 saturated heterocycles. The Kier molecular flexibility index (Phi) is 10.00. The van der Waals surface area contributed by atoms with Gasteiger partial charge in [0, 0.05) is 41.1 Å². The number of rotatable bonds is 11. The molecule has 0 amide bonds. The molecule has 6 heteroatoms. The van der Waals surface area contributed by atoms with Gasteiger partial charge >= 0.3 is 8.80 Å². The lowest BCUT2D eigenvalue weighted by Gasteiger charge is -2.24. The highest BCUT2D eigenvalue weighted by Gasteiger charge is 2.36. The van der Waals surface area contributed by atoms with Crippen LogP contribution in [0.4, 0.5) is 0 Å². The van der Waals surface area contributed by atoms with Crippen LogP contribution in [0, 0.1) is 0 Å². The molecule has 0 fully saturated rings. The summed E-state index contributed by atoms with van der Waals surface area (Å²) in [6, 6.07) is 0.764. The second-order valence-electron chi connectivity index (χ2n) is 3.74. The monoisotopic (exact) mass is 266 g/mol. The van der Waals surface area contributed by atoms with E-state index in [1.807, 2.05) is 0 Å². The Balaban J connectivity index is 3.68. The predicted molar refractivity (Wildman–Crippen MR) is 68.1 cm³/mol. The van der Waals surface area contributed by atoms with Crippen LogP contribution in [0.5, 0.6) is 0 Å². The molecule has 0 aromatic rings. The average Bonchev–Trinajstić information content (AvgIpc) is 2.39. The third-order valence-corrected chi connectivity index (χ3v) is 5.63. The summed E-state index contributed by atoms with van der Waals surface area (Å²) in [7, 11) is 4.15. The van der Waals surface area contributed by atoms with E-state index in [1.54, 1.807) is 28.4 Å². The van der Waals surface area contributed by atoms with Gasteiger partial charge in [-0.2, -0.15) is 0 Å². The fraction of sp³-hybridized carbons (Fsp3) is 1.00. The molecule has 0 aliphatic heterocycles. The van der Waals surface area contributed by atoms with E-state index < -0.39 is 8.80 Å². The fourth-order valence-corrected chi connectivity index (χ4v) is 3.20. The van der Waals surface area contributed by atoms with Gasteiger partial charge in [-0.1, -0.05) is 6.92 Å². The number of methoxy groups -OCH3 is 1. The zero-order valence-corrected chi connectivity index (χ0v) is 12.7. The number of hydrogen-bond acceptors (Lipinski definition) is 5. The maximum atomic E-state index is 5.54. The maximum Gasteiger partial charge on any atom is 0.500 e. The molecule has 0 rings (SSSR count). The zero-order chi connectivity index (χ0) is 13.1. The summed E-state index contributed by atoms with van der Waals surface area (Å²) in [5.74, 6) is 0. The molecule has 0 bridgehead atoms. The van der Waals surface area contributed by atoms with Gasteiger partial charge in [0.1, 0.15) is 0 Å². The van der Waals surface area contributed by atoms with Gasteiger partial charge in [0.2, 0.25) is 0 Å². The van der Waals surface area contributed by atoms with Crippen LogP contribution in [0.2, 0.25) is 6.04 Å². The lowest BCUT2D eigenvalue weighted by molar-refractivity contribution is 0.00602. The molecule has 0 saturated carbocycles. The molecule has 0 heterocycles. The van der Waals surface area contributed by atoms with Crippen molar-refractivity contribution in [2.45, 2.75) is 31.9 Å². The van der Waals surface area contributed by atoms with Gasteiger partial charge < -0.3 is 22.8 Å². The van der Waals surface area contributed by atoms with E-state index >= 15 is 0 Å². The van der Waals surface area contributed by atoms with Gasteiger partial charge in [0.15, 0.2) is 0 Å². The van der Waals surface area contributed by atoms with Crippen molar-refractivity contribution in [3.8, 4) is 0 Å². The molecule has 0 N–H and O–H groups in total. The summed E-state index contributed by atoms with van der Waals surface area (Å²) in [6.45, 7) is 3.38. The summed E-state index contributed by atoms with van der Waals surface area (Å²) in [6.07, 6.45) is 2.01. The van der Waals surface area contributed by atoms with E-state index in [9.17, 15) is 0 Å². The smallest absolute Gasteiger partial charge is 0.379 e. The second-order valence-corrected chi connectivity index (χ2v) is 6.83. The van der Waals surface area contributed by atoms with Crippen molar-refractivity contribution < 1.29 is 22.8 Å². The zero-order valence-electron chi connectivity index (χ0n) is 11.7. The molecule has 5 nitrogen and oxygen atoms in total. The Hall–Kier alpha value is 0.0169. The summed E-state index contributed by atoms with van der Waals surface area (Å²) in [5, 5.41) is 0. The van der Waals surface area contributed by atoms with Crippen LogP contribution in [0.1, 0.15) is 19.8 Å². The first kappa shape index (κ1) is 17.0. The molecular formula is C11H26O5Si. The standard InChI is InChI=1S/C11H26O5Si/c1-6-11(12-2)10-16-8-7-9-17(13-3,14-4)15-5/h11H,6-10H2,1-5H3. The van der Waals surface area contributed by atoms with E-state index in [0.717, 1.165) is 18.9 Å². The lowest BCUT2D eigenvalue weighted by atomic mass is 10.3. The van der Waals surface area contributed by atoms with E-state index in [-0.39, 0.29) is 6.10 Å². The number of hydrogen-bond donors (Lipinski definition) is 0. The largest absolute Gasteiger partial charge is 0.500 e. The van der Waals surface area contributed by atoms with Crippen LogP contribution >= 0.6 is 0 Å². The third-order valence-electron chi connectivity index (χ3n) is 2.80. The van der Waals surface area contributed by atoms with Crippen molar-refractivity contribution in [2.75, 3.05) is 41.7 Å². The van der Waals surface area contributed by atoms with E-state index in [1.165, 1.54) is 0 Å². The van der Waals surface area contributed by atoms with Crippen LogP contribution in [-0.2, 0) is 22.8 Å². The topological polar surface area (TPSA) is 46.2 Å². The Morgan fingerprint density at radius 1 is 1.00 bits per heavy atom. The Labute approximate surface area is 106 Å². The van der Waals surface area contributed by atoms with E-state index in [2.05, 4.69) is 6.92 Å². The van der Waals surface area contributed by atoms with E-state index in [0.29, 0.717) is 13.2 Å². The molecule has 1 atom stereocenters. The Morgan fingerprint density at radius 2 is 1.59 bits per heavy atom. The fourth-order valence-electron chi connectivity index (χ4n) is 1.51. The van der Waals surface area contributed by atoms with Gasteiger partial charge in [0.05, 0.1) is 12.7 Å². The Bertz CT molecular complexity index is 163. The SMILES string of the molecule is CCC(COCCC[Si](OC)(OC)OC)OC. The van der Waals surface area contributed by atoms with Crippen molar-refractivity contribution in [1.29, 1.82) is 0 Å².